The molecule has 0 aromatic heterocycles. The van der Waals surface area contributed by atoms with Gasteiger partial charge in [0.15, 0.2) is 0 Å². The molecule has 1 N–H and O–H groups in total. The number of benzene rings is 1. The van der Waals surface area contributed by atoms with Gasteiger partial charge >= 0.3 is 0 Å². The highest BCUT2D eigenvalue weighted by atomic mass is 16.2. The molecule has 0 heterocycles. The van der Waals surface area contributed by atoms with Gasteiger partial charge in [-0.05, 0) is 31.7 Å². The Labute approximate surface area is 140 Å². The van der Waals surface area contributed by atoms with Crippen molar-refractivity contribution in [1.29, 1.82) is 0 Å². The topological polar surface area (TPSA) is 49.4 Å². The Bertz CT molecular complexity index is 509. The van der Waals surface area contributed by atoms with Crippen molar-refractivity contribution in [1.82, 2.24) is 10.2 Å². The van der Waals surface area contributed by atoms with Gasteiger partial charge in [-0.25, -0.2) is 0 Å². The second kappa shape index (κ2) is 9.33. The summed E-state index contributed by atoms with van der Waals surface area (Å²) in [5.74, 6) is 0.332. The first-order valence-electron chi connectivity index (χ1n) is 8.47. The first-order chi connectivity index (χ1) is 10.8. The van der Waals surface area contributed by atoms with Gasteiger partial charge < -0.3 is 10.2 Å². The summed E-state index contributed by atoms with van der Waals surface area (Å²) in [5, 5.41) is 2.92. The standard InChI is InChI=1S/C19H30N2O2/c1-6-7-18(22)21(13-17-10-8-15(4)9-11-17)16(5)19(23)20-12-14(2)3/h8-11,14,16H,6-7,12-13H2,1-5H3,(H,20,23)/t16-/m0/s1. The zero-order valence-corrected chi connectivity index (χ0v) is 15.1. The minimum atomic E-state index is -0.464. The summed E-state index contributed by atoms with van der Waals surface area (Å²) in [4.78, 5) is 26.5. The van der Waals surface area contributed by atoms with Gasteiger partial charge in [0, 0.05) is 19.5 Å². The lowest BCUT2D eigenvalue weighted by Gasteiger charge is -2.29. The Hall–Kier alpha value is -1.84. The monoisotopic (exact) mass is 318 g/mol. The van der Waals surface area contributed by atoms with Crippen molar-refractivity contribution in [2.45, 2.75) is 60.0 Å². The lowest BCUT2D eigenvalue weighted by Crippen LogP contribution is -2.48. The van der Waals surface area contributed by atoms with Crippen LogP contribution in [0, 0.1) is 12.8 Å². The fourth-order valence-electron chi connectivity index (χ4n) is 2.28. The van der Waals surface area contributed by atoms with Crippen molar-refractivity contribution in [2.75, 3.05) is 6.54 Å². The number of hydrogen-bond donors (Lipinski definition) is 1. The fourth-order valence-corrected chi connectivity index (χ4v) is 2.28. The Kier molecular flexibility index (Phi) is 7.79. The predicted octanol–water partition coefficient (Wildman–Crippen LogP) is 3.28. The normalized spacial score (nSPS) is 12.1. The van der Waals surface area contributed by atoms with Gasteiger partial charge in [0.05, 0.1) is 0 Å². The van der Waals surface area contributed by atoms with E-state index in [-0.39, 0.29) is 11.8 Å². The Morgan fingerprint density at radius 1 is 1.13 bits per heavy atom. The van der Waals surface area contributed by atoms with E-state index in [4.69, 9.17) is 0 Å². The summed E-state index contributed by atoms with van der Waals surface area (Å²) in [6, 6.07) is 7.62. The van der Waals surface area contributed by atoms with Crippen LogP contribution in [0.2, 0.25) is 0 Å². The average Bonchev–Trinajstić information content (AvgIpc) is 2.51. The molecule has 0 aliphatic carbocycles. The Morgan fingerprint density at radius 2 is 1.74 bits per heavy atom. The van der Waals surface area contributed by atoms with Gasteiger partial charge in [-0.2, -0.15) is 0 Å². The molecule has 0 spiro atoms. The second-order valence-electron chi connectivity index (χ2n) is 6.57. The Morgan fingerprint density at radius 3 is 2.26 bits per heavy atom. The number of nitrogens with one attached hydrogen (secondary N) is 1. The second-order valence-corrected chi connectivity index (χ2v) is 6.57. The molecule has 4 heteroatoms. The highest BCUT2D eigenvalue weighted by Crippen LogP contribution is 2.12. The number of nitrogens with zero attached hydrogens (tertiary/aromatic N) is 1. The quantitative estimate of drug-likeness (QED) is 0.799. The first kappa shape index (κ1) is 19.2. The third kappa shape index (κ3) is 6.43. The van der Waals surface area contributed by atoms with Crippen LogP contribution in [0.1, 0.15) is 51.7 Å². The lowest BCUT2D eigenvalue weighted by atomic mass is 10.1. The molecule has 0 aliphatic heterocycles. The van der Waals surface area contributed by atoms with Crippen LogP contribution in [-0.4, -0.2) is 29.3 Å². The SMILES string of the molecule is CCCC(=O)N(Cc1ccc(C)cc1)[C@@H](C)C(=O)NCC(C)C. The molecule has 0 bridgehead atoms. The van der Waals surface area contributed by atoms with Crippen molar-refractivity contribution in [3.05, 3.63) is 35.4 Å². The van der Waals surface area contributed by atoms with Gasteiger partial charge in [-0.3, -0.25) is 9.59 Å². The highest BCUT2D eigenvalue weighted by molar-refractivity contribution is 5.87. The molecular weight excluding hydrogens is 288 g/mol. The van der Waals surface area contributed by atoms with Crippen LogP contribution in [0.4, 0.5) is 0 Å². The molecule has 0 unspecified atom stereocenters. The van der Waals surface area contributed by atoms with Crippen molar-refractivity contribution >= 4 is 11.8 Å². The van der Waals surface area contributed by atoms with E-state index in [1.807, 2.05) is 38.1 Å². The van der Waals surface area contributed by atoms with E-state index >= 15 is 0 Å². The number of aryl methyl sites for hydroxylation is 1. The highest BCUT2D eigenvalue weighted by Gasteiger charge is 2.25. The Balaban J connectivity index is 2.84. The largest absolute Gasteiger partial charge is 0.354 e. The number of amides is 2. The van der Waals surface area contributed by atoms with Gasteiger partial charge in [0.2, 0.25) is 11.8 Å². The van der Waals surface area contributed by atoms with E-state index in [0.717, 1.165) is 12.0 Å². The van der Waals surface area contributed by atoms with E-state index in [1.165, 1.54) is 5.56 Å². The first-order valence-corrected chi connectivity index (χ1v) is 8.47. The summed E-state index contributed by atoms with van der Waals surface area (Å²) < 4.78 is 0. The molecule has 4 nitrogen and oxygen atoms in total. The molecule has 0 fully saturated rings. The predicted molar refractivity (Wildman–Crippen MR) is 93.9 cm³/mol. The molecule has 1 aromatic carbocycles. The van der Waals surface area contributed by atoms with Gasteiger partial charge in [-0.1, -0.05) is 50.6 Å². The van der Waals surface area contributed by atoms with Crippen molar-refractivity contribution in [3.8, 4) is 0 Å². The third-order valence-corrected chi connectivity index (χ3v) is 3.79. The van der Waals surface area contributed by atoms with Crippen LogP contribution in [0.25, 0.3) is 0 Å². The van der Waals surface area contributed by atoms with Gasteiger partial charge in [0.1, 0.15) is 6.04 Å². The van der Waals surface area contributed by atoms with Gasteiger partial charge in [-0.15, -0.1) is 0 Å². The molecule has 0 aliphatic rings. The molecule has 23 heavy (non-hydrogen) atoms. The summed E-state index contributed by atoms with van der Waals surface area (Å²) >= 11 is 0. The minimum absolute atomic E-state index is 0.0280. The summed E-state index contributed by atoms with van der Waals surface area (Å²) in [5.41, 5.74) is 2.23. The maximum atomic E-state index is 12.4. The maximum Gasteiger partial charge on any atom is 0.242 e. The van der Waals surface area contributed by atoms with E-state index in [0.29, 0.717) is 25.4 Å². The molecular formula is C19H30N2O2. The average molecular weight is 318 g/mol. The van der Waals surface area contributed by atoms with Gasteiger partial charge in [0.25, 0.3) is 0 Å². The molecule has 0 saturated carbocycles. The van der Waals surface area contributed by atoms with Crippen LogP contribution in [0.15, 0.2) is 24.3 Å². The molecule has 1 aromatic rings. The van der Waals surface area contributed by atoms with E-state index in [1.54, 1.807) is 11.8 Å². The third-order valence-electron chi connectivity index (χ3n) is 3.79. The van der Waals surface area contributed by atoms with Crippen molar-refractivity contribution < 1.29 is 9.59 Å². The molecule has 0 radical (unpaired) electrons. The van der Waals surface area contributed by atoms with Crippen LogP contribution < -0.4 is 5.32 Å². The van der Waals surface area contributed by atoms with Crippen molar-refractivity contribution in [2.24, 2.45) is 5.92 Å². The number of hydrogen-bond acceptors (Lipinski definition) is 2. The minimum Gasteiger partial charge on any atom is -0.354 e. The summed E-state index contributed by atoms with van der Waals surface area (Å²) in [7, 11) is 0. The molecule has 1 rings (SSSR count). The molecule has 1 atom stereocenters. The lowest BCUT2D eigenvalue weighted by molar-refractivity contribution is -0.140. The van der Waals surface area contributed by atoms with E-state index in [2.05, 4.69) is 19.2 Å². The van der Waals surface area contributed by atoms with Crippen LogP contribution in [0.5, 0.6) is 0 Å². The van der Waals surface area contributed by atoms with Crippen molar-refractivity contribution in [3.63, 3.8) is 0 Å². The molecule has 128 valence electrons. The van der Waals surface area contributed by atoms with E-state index < -0.39 is 6.04 Å². The smallest absolute Gasteiger partial charge is 0.242 e. The number of carbonyl (C=O) groups excluding carboxylic acids is 2. The number of carbonyl (C=O) groups is 2. The fraction of sp³-hybridized carbons (Fsp3) is 0.579. The number of rotatable bonds is 8. The maximum absolute atomic E-state index is 12.4. The van der Waals surface area contributed by atoms with E-state index in [9.17, 15) is 9.59 Å². The summed E-state index contributed by atoms with van der Waals surface area (Å²) in [6.07, 6.45) is 1.25. The zero-order valence-electron chi connectivity index (χ0n) is 15.1. The molecule has 2 amide bonds. The summed E-state index contributed by atoms with van der Waals surface area (Å²) in [6.45, 7) is 11.0. The van der Waals surface area contributed by atoms with Crippen LogP contribution >= 0.6 is 0 Å². The van der Waals surface area contributed by atoms with Crippen LogP contribution in [-0.2, 0) is 16.1 Å². The van der Waals surface area contributed by atoms with Crippen LogP contribution in [0.3, 0.4) is 0 Å². The molecule has 0 saturated heterocycles. The zero-order chi connectivity index (χ0) is 17.4.